The van der Waals surface area contributed by atoms with Crippen molar-refractivity contribution in [3.8, 4) is 11.8 Å². The molecule has 0 aliphatic rings. The van der Waals surface area contributed by atoms with Gasteiger partial charge in [-0.25, -0.2) is 0 Å². The van der Waals surface area contributed by atoms with Crippen LogP contribution in [0, 0.1) is 10.1 Å². The second-order valence-corrected chi connectivity index (χ2v) is 4.06. The second kappa shape index (κ2) is 4.93. The zero-order valence-corrected chi connectivity index (χ0v) is 10.3. The molecule has 0 amide bonds. The van der Waals surface area contributed by atoms with Crippen molar-refractivity contribution in [1.82, 2.24) is 9.97 Å². The summed E-state index contributed by atoms with van der Waals surface area (Å²) in [5.41, 5.74) is -0.171. The van der Waals surface area contributed by atoms with E-state index >= 15 is 0 Å². The minimum absolute atomic E-state index is 0.0759. The van der Waals surface area contributed by atoms with Crippen LogP contribution in [-0.4, -0.2) is 14.9 Å². The third-order valence-electron chi connectivity index (χ3n) is 2.78. The van der Waals surface area contributed by atoms with Gasteiger partial charge >= 0.3 is 11.7 Å². The number of hydrogen-bond donors (Lipinski definition) is 0. The summed E-state index contributed by atoms with van der Waals surface area (Å²) >= 11 is 0. The Bertz CT molecular complexity index is 767. The van der Waals surface area contributed by atoms with Crippen molar-refractivity contribution in [2.24, 2.45) is 0 Å². The molecule has 2 aromatic carbocycles. The van der Waals surface area contributed by atoms with Crippen molar-refractivity contribution >= 4 is 16.5 Å². The maximum atomic E-state index is 10.5. The van der Waals surface area contributed by atoms with Gasteiger partial charge in [-0.05, 0) is 11.5 Å². The molecule has 3 rings (SSSR count). The second-order valence-electron chi connectivity index (χ2n) is 4.06. The van der Waals surface area contributed by atoms with E-state index in [1.54, 1.807) is 6.07 Å². The number of fused-ring (bicyclic) bond motifs is 1. The van der Waals surface area contributed by atoms with Crippen LogP contribution < -0.4 is 4.74 Å². The van der Waals surface area contributed by atoms with E-state index < -0.39 is 4.92 Å². The Hall–Kier alpha value is -3.02. The molecule has 98 valence electrons. The monoisotopic (exact) mass is 267 g/mol. The third kappa shape index (κ3) is 2.26. The summed E-state index contributed by atoms with van der Waals surface area (Å²) in [5.74, 6) is 0.608. The Labute approximate surface area is 113 Å². The molecule has 0 N–H and O–H groups in total. The van der Waals surface area contributed by atoms with Crippen LogP contribution >= 0.6 is 0 Å². The maximum absolute atomic E-state index is 10.5. The molecule has 0 saturated heterocycles. The topological polar surface area (TPSA) is 78.2 Å². The molecule has 0 bridgehead atoms. The molecule has 0 unspecified atom stereocenters. The SMILES string of the molecule is O=[N+]([O-])c1cnc(Oc2cccc3ccccc23)nc1. The van der Waals surface area contributed by atoms with Crippen LogP contribution in [0.4, 0.5) is 5.69 Å². The van der Waals surface area contributed by atoms with Crippen molar-refractivity contribution in [2.45, 2.75) is 0 Å². The van der Waals surface area contributed by atoms with Gasteiger partial charge in [0, 0.05) is 5.39 Å². The molecular weight excluding hydrogens is 258 g/mol. The highest BCUT2D eigenvalue weighted by Gasteiger charge is 2.09. The van der Waals surface area contributed by atoms with Crippen LogP contribution in [0.2, 0.25) is 0 Å². The molecular formula is C14H9N3O3. The Balaban J connectivity index is 1.95. The van der Waals surface area contributed by atoms with Gasteiger partial charge in [-0.2, -0.15) is 9.97 Å². The van der Waals surface area contributed by atoms with Crippen LogP contribution in [-0.2, 0) is 0 Å². The largest absolute Gasteiger partial charge is 0.424 e. The van der Waals surface area contributed by atoms with E-state index in [-0.39, 0.29) is 11.7 Å². The van der Waals surface area contributed by atoms with Crippen LogP contribution in [0.1, 0.15) is 0 Å². The first kappa shape index (κ1) is 12.0. The van der Waals surface area contributed by atoms with E-state index in [1.807, 2.05) is 36.4 Å². The van der Waals surface area contributed by atoms with Crippen molar-refractivity contribution in [3.63, 3.8) is 0 Å². The molecule has 0 atom stereocenters. The average molecular weight is 267 g/mol. The van der Waals surface area contributed by atoms with Crippen LogP contribution in [0.25, 0.3) is 10.8 Å². The lowest BCUT2D eigenvalue weighted by atomic mass is 10.1. The standard InChI is InChI=1S/C14H9N3O3/c18-17(19)11-8-15-14(16-9-11)20-13-7-3-5-10-4-1-2-6-12(10)13/h1-9H. The lowest BCUT2D eigenvalue weighted by molar-refractivity contribution is -0.385. The fourth-order valence-electron chi connectivity index (χ4n) is 1.84. The normalized spacial score (nSPS) is 10.4. The molecule has 0 radical (unpaired) electrons. The van der Waals surface area contributed by atoms with Crippen molar-refractivity contribution < 1.29 is 9.66 Å². The van der Waals surface area contributed by atoms with Gasteiger partial charge in [-0.3, -0.25) is 10.1 Å². The van der Waals surface area contributed by atoms with Crippen molar-refractivity contribution in [1.29, 1.82) is 0 Å². The zero-order valence-electron chi connectivity index (χ0n) is 10.3. The fraction of sp³-hybridized carbons (Fsp3) is 0. The summed E-state index contributed by atoms with van der Waals surface area (Å²) in [6, 6.07) is 13.5. The summed E-state index contributed by atoms with van der Waals surface area (Å²) in [6.45, 7) is 0. The molecule has 0 spiro atoms. The van der Waals surface area contributed by atoms with Crippen molar-refractivity contribution in [2.75, 3.05) is 0 Å². The summed E-state index contributed by atoms with van der Waals surface area (Å²) < 4.78 is 5.58. The van der Waals surface area contributed by atoms with Gasteiger partial charge in [0.15, 0.2) is 0 Å². The van der Waals surface area contributed by atoms with Gasteiger partial charge in [0.25, 0.3) is 0 Å². The molecule has 0 aliphatic heterocycles. The first-order valence-corrected chi connectivity index (χ1v) is 5.86. The highest BCUT2D eigenvalue weighted by atomic mass is 16.6. The van der Waals surface area contributed by atoms with Gasteiger partial charge in [0.1, 0.15) is 18.1 Å². The molecule has 1 aromatic heterocycles. The minimum atomic E-state index is -0.554. The zero-order chi connectivity index (χ0) is 13.9. The minimum Gasteiger partial charge on any atom is -0.424 e. The number of benzene rings is 2. The van der Waals surface area contributed by atoms with E-state index in [1.165, 1.54) is 0 Å². The lowest BCUT2D eigenvalue weighted by Gasteiger charge is -2.06. The van der Waals surface area contributed by atoms with Crippen LogP contribution in [0.15, 0.2) is 54.9 Å². The van der Waals surface area contributed by atoms with Gasteiger partial charge < -0.3 is 4.74 Å². The molecule has 0 saturated carbocycles. The number of aromatic nitrogens is 2. The summed E-state index contributed by atoms with van der Waals surface area (Å²) in [7, 11) is 0. The quantitative estimate of drug-likeness (QED) is 0.537. The fourth-order valence-corrected chi connectivity index (χ4v) is 1.84. The lowest BCUT2D eigenvalue weighted by Crippen LogP contribution is -1.95. The maximum Gasteiger partial charge on any atom is 0.322 e. The van der Waals surface area contributed by atoms with Crippen molar-refractivity contribution in [3.05, 3.63) is 65.0 Å². The van der Waals surface area contributed by atoms with E-state index in [0.29, 0.717) is 5.75 Å². The number of hydrogen-bond acceptors (Lipinski definition) is 5. The van der Waals surface area contributed by atoms with E-state index in [2.05, 4.69) is 9.97 Å². The van der Waals surface area contributed by atoms with E-state index in [0.717, 1.165) is 23.2 Å². The van der Waals surface area contributed by atoms with Crippen LogP contribution in [0.5, 0.6) is 11.8 Å². The first-order chi connectivity index (χ1) is 9.74. The number of rotatable bonds is 3. The van der Waals surface area contributed by atoms with E-state index in [4.69, 9.17) is 4.74 Å². The van der Waals surface area contributed by atoms with E-state index in [9.17, 15) is 10.1 Å². The number of nitrogens with zero attached hydrogens (tertiary/aromatic N) is 3. The molecule has 6 heteroatoms. The Morgan fingerprint density at radius 1 is 1.00 bits per heavy atom. The average Bonchev–Trinajstić information content (AvgIpc) is 2.48. The van der Waals surface area contributed by atoms with Gasteiger partial charge in [0.2, 0.25) is 0 Å². The molecule has 0 aliphatic carbocycles. The Morgan fingerprint density at radius 3 is 2.45 bits per heavy atom. The summed E-state index contributed by atoms with van der Waals surface area (Å²) in [6.07, 6.45) is 2.24. The van der Waals surface area contributed by atoms with Crippen LogP contribution in [0.3, 0.4) is 0 Å². The Morgan fingerprint density at radius 2 is 1.70 bits per heavy atom. The molecule has 20 heavy (non-hydrogen) atoms. The van der Waals surface area contributed by atoms with Gasteiger partial charge in [-0.1, -0.05) is 36.4 Å². The first-order valence-electron chi connectivity index (χ1n) is 5.86. The number of nitro groups is 1. The summed E-state index contributed by atoms with van der Waals surface area (Å²) in [5, 5.41) is 12.5. The smallest absolute Gasteiger partial charge is 0.322 e. The predicted molar refractivity (Wildman–Crippen MR) is 72.7 cm³/mol. The molecule has 0 fully saturated rings. The highest BCUT2D eigenvalue weighted by Crippen LogP contribution is 2.28. The molecule has 3 aromatic rings. The summed E-state index contributed by atoms with van der Waals surface area (Å²) in [4.78, 5) is 17.6. The number of ether oxygens (including phenoxy) is 1. The predicted octanol–water partition coefficient (Wildman–Crippen LogP) is 3.33. The molecule has 1 heterocycles. The molecule has 6 nitrogen and oxygen atoms in total. The third-order valence-corrected chi connectivity index (χ3v) is 2.78. The Kier molecular flexibility index (Phi) is 2.96. The van der Waals surface area contributed by atoms with Gasteiger partial charge in [0.05, 0.1) is 4.92 Å². The highest BCUT2D eigenvalue weighted by molar-refractivity contribution is 5.88. The van der Waals surface area contributed by atoms with Gasteiger partial charge in [-0.15, -0.1) is 0 Å².